The Bertz CT molecular complexity index is 192. The molecule has 0 saturated carbocycles. The highest BCUT2D eigenvalue weighted by Gasteiger charge is 2.19. The van der Waals surface area contributed by atoms with Gasteiger partial charge in [0.15, 0.2) is 0 Å². The molecule has 0 aromatic rings. The molecule has 0 bridgehead atoms. The first-order valence-electron chi connectivity index (χ1n) is 3.25. The lowest BCUT2D eigenvalue weighted by Crippen LogP contribution is -2.39. The van der Waals surface area contributed by atoms with Crippen LogP contribution in [0.3, 0.4) is 0 Å². The van der Waals surface area contributed by atoms with Crippen LogP contribution in [-0.2, 0) is 9.59 Å². The van der Waals surface area contributed by atoms with Crippen molar-refractivity contribution in [2.75, 3.05) is 6.54 Å². The fourth-order valence-electron chi connectivity index (χ4n) is 0.623. The van der Waals surface area contributed by atoms with E-state index in [0.717, 1.165) is 6.21 Å². The van der Waals surface area contributed by atoms with Crippen LogP contribution in [0.15, 0.2) is 0 Å². The van der Waals surface area contributed by atoms with E-state index in [9.17, 15) is 9.59 Å². The molecule has 0 spiro atoms. The van der Waals surface area contributed by atoms with Gasteiger partial charge in [0.1, 0.15) is 6.04 Å². The molecule has 4 N–H and O–H groups in total. The van der Waals surface area contributed by atoms with Crippen molar-refractivity contribution in [1.29, 1.82) is 5.41 Å². The van der Waals surface area contributed by atoms with Gasteiger partial charge in [-0.15, -0.1) is 0 Å². The van der Waals surface area contributed by atoms with Gasteiger partial charge in [0.2, 0.25) is 0 Å². The Morgan fingerprint density at radius 1 is 1.50 bits per heavy atom. The number of carbonyl (C=O) groups is 2. The third-order valence-corrected chi connectivity index (χ3v) is 1.14. The number of carboxylic acids is 2. The Morgan fingerprint density at radius 2 is 2.08 bits per heavy atom. The van der Waals surface area contributed by atoms with Crippen LogP contribution in [0.25, 0.3) is 0 Å². The fraction of sp³-hybridized carbons (Fsp3) is 0.500. The monoisotopic (exact) mass is 174 g/mol. The van der Waals surface area contributed by atoms with Gasteiger partial charge in [0, 0.05) is 12.8 Å². The number of nitrogens with one attached hydrogen (secondary N) is 2. The Hall–Kier alpha value is -1.43. The number of hydrogen-bond acceptors (Lipinski definition) is 4. The smallest absolute Gasteiger partial charge is 0.321 e. The first-order valence-corrected chi connectivity index (χ1v) is 3.25. The van der Waals surface area contributed by atoms with E-state index in [0.29, 0.717) is 0 Å². The van der Waals surface area contributed by atoms with Crippen LogP contribution in [0.4, 0.5) is 0 Å². The molecule has 0 heterocycles. The van der Waals surface area contributed by atoms with Gasteiger partial charge in [-0.2, -0.15) is 0 Å². The molecule has 12 heavy (non-hydrogen) atoms. The summed E-state index contributed by atoms with van der Waals surface area (Å²) in [6, 6.07) is -1.12. The number of rotatable bonds is 6. The maximum atomic E-state index is 10.3. The zero-order valence-electron chi connectivity index (χ0n) is 6.28. The van der Waals surface area contributed by atoms with Crippen LogP contribution in [0, 0.1) is 5.41 Å². The maximum Gasteiger partial charge on any atom is 0.321 e. The SMILES string of the molecule is N=CCNC(CC(=O)O)C(=O)O. The number of aliphatic carboxylic acids is 2. The molecule has 0 amide bonds. The van der Waals surface area contributed by atoms with Crippen LogP contribution >= 0.6 is 0 Å². The van der Waals surface area contributed by atoms with Gasteiger partial charge in [-0.3, -0.25) is 14.9 Å². The third-order valence-electron chi connectivity index (χ3n) is 1.14. The first-order chi connectivity index (χ1) is 5.57. The van der Waals surface area contributed by atoms with Gasteiger partial charge in [-0.25, -0.2) is 0 Å². The van der Waals surface area contributed by atoms with Crippen LogP contribution < -0.4 is 5.32 Å². The second-order valence-electron chi connectivity index (χ2n) is 2.10. The van der Waals surface area contributed by atoms with E-state index in [4.69, 9.17) is 15.6 Å². The van der Waals surface area contributed by atoms with Crippen molar-refractivity contribution < 1.29 is 19.8 Å². The average molecular weight is 174 g/mol. The zero-order valence-corrected chi connectivity index (χ0v) is 6.28. The topological polar surface area (TPSA) is 110 Å². The lowest BCUT2D eigenvalue weighted by Gasteiger charge is -2.09. The molecule has 0 saturated heterocycles. The minimum absolute atomic E-state index is 0.0598. The van der Waals surface area contributed by atoms with Gasteiger partial charge >= 0.3 is 11.9 Å². The highest BCUT2D eigenvalue weighted by Crippen LogP contribution is 1.91. The normalized spacial score (nSPS) is 12.0. The minimum Gasteiger partial charge on any atom is -0.481 e. The molecule has 0 aromatic carbocycles. The molecule has 0 fully saturated rings. The van der Waals surface area contributed by atoms with Crippen molar-refractivity contribution in [2.45, 2.75) is 12.5 Å². The summed E-state index contributed by atoms with van der Waals surface area (Å²) in [5, 5.41) is 25.7. The summed E-state index contributed by atoms with van der Waals surface area (Å²) in [6.45, 7) is 0.0598. The van der Waals surface area contributed by atoms with Crippen molar-refractivity contribution in [3.8, 4) is 0 Å². The van der Waals surface area contributed by atoms with Crippen LogP contribution in [0.1, 0.15) is 6.42 Å². The predicted molar refractivity (Wildman–Crippen MR) is 40.5 cm³/mol. The molecule has 68 valence electrons. The Balaban J connectivity index is 3.94. The molecular weight excluding hydrogens is 164 g/mol. The quantitative estimate of drug-likeness (QED) is 0.392. The van der Waals surface area contributed by atoms with Gasteiger partial charge in [-0.05, 0) is 0 Å². The highest BCUT2D eigenvalue weighted by molar-refractivity contribution is 5.80. The van der Waals surface area contributed by atoms with Crippen LogP contribution in [0.5, 0.6) is 0 Å². The van der Waals surface area contributed by atoms with Crippen LogP contribution in [0.2, 0.25) is 0 Å². The first kappa shape index (κ1) is 10.6. The van der Waals surface area contributed by atoms with E-state index in [1.165, 1.54) is 0 Å². The second kappa shape index (κ2) is 5.25. The zero-order chi connectivity index (χ0) is 9.56. The molecule has 0 aliphatic heterocycles. The standard InChI is InChI=1S/C6H10N2O4/c7-1-2-8-4(6(11)12)3-5(9)10/h1,4,7-8H,2-3H2,(H,9,10)(H,11,12). The summed E-state index contributed by atoms with van der Waals surface area (Å²) >= 11 is 0. The number of hydrogen-bond donors (Lipinski definition) is 4. The second-order valence-corrected chi connectivity index (χ2v) is 2.10. The van der Waals surface area contributed by atoms with E-state index in [-0.39, 0.29) is 6.54 Å². The van der Waals surface area contributed by atoms with Gasteiger partial charge < -0.3 is 15.6 Å². The molecule has 0 aliphatic carbocycles. The van der Waals surface area contributed by atoms with Gasteiger partial charge in [-0.1, -0.05) is 0 Å². The van der Waals surface area contributed by atoms with Crippen molar-refractivity contribution in [3.63, 3.8) is 0 Å². The molecule has 0 aromatic heterocycles. The Labute approximate surface area is 68.7 Å². The molecule has 1 unspecified atom stereocenters. The molecule has 1 atom stereocenters. The Kier molecular flexibility index (Phi) is 4.62. The molecule has 6 heteroatoms. The van der Waals surface area contributed by atoms with Gasteiger partial charge in [0.25, 0.3) is 0 Å². The number of carboxylic acid groups (broad SMARTS) is 2. The summed E-state index contributed by atoms with van der Waals surface area (Å²) in [7, 11) is 0. The minimum atomic E-state index is -1.22. The largest absolute Gasteiger partial charge is 0.481 e. The molecular formula is C6H10N2O4. The van der Waals surface area contributed by atoms with Crippen LogP contribution in [-0.4, -0.2) is 41.0 Å². The van der Waals surface area contributed by atoms with Crippen molar-refractivity contribution in [3.05, 3.63) is 0 Å². The summed E-state index contributed by atoms with van der Waals surface area (Å²) in [5.74, 6) is -2.40. The summed E-state index contributed by atoms with van der Waals surface area (Å²) in [6.07, 6.45) is 0.487. The molecule has 0 aliphatic rings. The summed E-state index contributed by atoms with van der Waals surface area (Å²) in [4.78, 5) is 20.5. The van der Waals surface area contributed by atoms with E-state index in [1.807, 2.05) is 0 Å². The summed E-state index contributed by atoms with van der Waals surface area (Å²) < 4.78 is 0. The van der Waals surface area contributed by atoms with Gasteiger partial charge in [0.05, 0.1) is 6.42 Å². The maximum absolute atomic E-state index is 10.3. The van der Waals surface area contributed by atoms with Crippen molar-refractivity contribution in [2.24, 2.45) is 0 Å². The molecule has 0 radical (unpaired) electrons. The molecule has 0 rings (SSSR count). The van der Waals surface area contributed by atoms with Crippen molar-refractivity contribution in [1.82, 2.24) is 5.32 Å². The fourth-order valence-corrected chi connectivity index (χ4v) is 0.623. The van der Waals surface area contributed by atoms with E-state index in [1.54, 1.807) is 0 Å². The highest BCUT2D eigenvalue weighted by atomic mass is 16.4. The van der Waals surface area contributed by atoms with E-state index < -0.39 is 24.4 Å². The molecule has 6 nitrogen and oxygen atoms in total. The average Bonchev–Trinajstić information content (AvgIpc) is 1.96. The third kappa shape index (κ3) is 4.40. The lowest BCUT2D eigenvalue weighted by molar-refractivity contribution is -0.145. The summed E-state index contributed by atoms with van der Waals surface area (Å²) in [5.41, 5.74) is 0. The predicted octanol–water partition coefficient (Wildman–Crippen LogP) is -0.847. The Morgan fingerprint density at radius 3 is 2.42 bits per heavy atom. The van der Waals surface area contributed by atoms with Crippen molar-refractivity contribution >= 4 is 18.2 Å². The lowest BCUT2D eigenvalue weighted by atomic mass is 10.2. The van der Waals surface area contributed by atoms with E-state index >= 15 is 0 Å². The van der Waals surface area contributed by atoms with E-state index in [2.05, 4.69) is 5.32 Å².